The number of benzene rings is 2. The summed E-state index contributed by atoms with van der Waals surface area (Å²) in [5.41, 5.74) is 1.24. The fraction of sp³-hybridized carbons (Fsp3) is 0.316. The van der Waals surface area contributed by atoms with Gasteiger partial charge >= 0.3 is 0 Å². The number of nitrogens with zero attached hydrogens (tertiary/aromatic N) is 1. The molecule has 0 aliphatic carbocycles. The normalized spacial score (nSPS) is 18.9. The van der Waals surface area contributed by atoms with Crippen LogP contribution in [0.25, 0.3) is 0 Å². The van der Waals surface area contributed by atoms with E-state index in [9.17, 15) is 4.79 Å². The molecule has 0 bridgehead atoms. The van der Waals surface area contributed by atoms with Gasteiger partial charge in [-0.1, -0.05) is 41.9 Å². The van der Waals surface area contributed by atoms with Gasteiger partial charge in [0, 0.05) is 16.5 Å². The Bertz CT molecular complexity index is 659. The molecule has 23 heavy (non-hydrogen) atoms. The second-order valence-corrected chi connectivity index (χ2v) is 7.66. The summed E-state index contributed by atoms with van der Waals surface area (Å²) >= 11 is 7.51. The molecule has 0 saturated carbocycles. The Hall–Kier alpha value is -1.45. The summed E-state index contributed by atoms with van der Waals surface area (Å²) in [6, 6.07) is 18.2. The monoisotopic (exact) mass is 345 g/mol. The smallest absolute Gasteiger partial charge is 0.236 e. The lowest BCUT2D eigenvalue weighted by molar-refractivity contribution is -0.131. The summed E-state index contributed by atoms with van der Waals surface area (Å²) in [5, 5.41) is 0.623. The molecule has 0 N–H and O–H groups in total. The summed E-state index contributed by atoms with van der Waals surface area (Å²) in [7, 11) is 0. The first-order chi connectivity index (χ1) is 11.1. The third-order valence-electron chi connectivity index (χ3n) is 4.19. The van der Waals surface area contributed by atoms with Gasteiger partial charge in [0.25, 0.3) is 0 Å². The summed E-state index contributed by atoms with van der Waals surface area (Å²) in [6.07, 6.45) is 2.12. The maximum Gasteiger partial charge on any atom is 0.236 e. The van der Waals surface area contributed by atoms with E-state index >= 15 is 0 Å². The van der Waals surface area contributed by atoms with Crippen LogP contribution < -0.4 is 0 Å². The number of carbonyl (C=O) groups is 1. The van der Waals surface area contributed by atoms with Crippen molar-refractivity contribution < 1.29 is 4.79 Å². The van der Waals surface area contributed by atoms with E-state index in [-0.39, 0.29) is 17.2 Å². The number of thioether (sulfide) groups is 1. The van der Waals surface area contributed by atoms with E-state index in [1.54, 1.807) is 11.8 Å². The second kappa shape index (κ2) is 7.41. The van der Waals surface area contributed by atoms with Gasteiger partial charge in [-0.3, -0.25) is 4.79 Å². The zero-order valence-electron chi connectivity index (χ0n) is 13.1. The van der Waals surface area contributed by atoms with Gasteiger partial charge in [-0.25, -0.2) is 0 Å². The van der Waals surface area contributed by atoms with Crippen molar-refractivity contribution in [2.45, 2.75) is 36.0 Å². The van der Waals surface area contributed by atoms with Gasteiger partial charge in [0.1, 0.15) is 0 Å². The van der Waals surface area contributed by atoms with Crippen LogP contribution in [0.2, 0.25) is 5.02 Å². The molecule has 1 fully saturated rings. The van der Waals surface area contributed by atoms with Crippen LogP contribution in [0.4, 0.5) is 0 Å². The van der Waals surface area contributed by atoms with Gasteiger partial charge in [-0.15, -0.1) is 11.8 Å². The standard InChI is InChI=1S/C19H20ClNOS/c1-14(23-17-11-9-16(20)10-12-17)19(22)21-13-5-8-18(21)15-6-3-2-4-7-15/h2-4,6-7,9-12,14,18H,5,8,13H2,1H3. The van der Waals surface area contributed by atoms with Gasteiger partial charge in [0.15, 0.2) is 0 Å². The van der Waals surface area contributed by atoms with Gasteiger partial charge in [-0.2, -0.15) is 0 Å². The van der Waals surface area contributed by atoms with Crippen molar-refractivity contribution in [1.29, 1.82) is 0 Å². The number of carbonyl (C=O) groups excluding carboxylic acids is 1. The van der Waals surface area contributed by atoms with Crippen LogP contribution >= 0.6 is 23.4 Å². The summed E-state index contributed by atoms with van der Waals surface area (Å²) < 4.78 is 0. The van der Waals surface area contributed by atoms with Crippen molar-refractivity contribution in [3.8, 4) is 0 Å². The quantitative estimate of drug-likeness (QED) is 0.711. The first-order valence-corrected chi connectivity index (χ1v) is 9.18. The Morgan fingerprint density at radius 3 is 2.57 bits per heavy atom. The lowest BCUT2D eigenvalue weighted by Crippen LogP contribution is -2.36. The Morgan fingerprint density at radius 2 is 1.87 bits per heavy atom. The molecule has 4 heteroatoms. The van der Waals surface area contributed by atoms with Crippen LogP contribution in [0.5, 0.6) is 0 Å². The van der Waals surface area contributed by atoms with Crippen molar-refractivity contribution >= 4 is 29.3 Å². The number of amides is 1. The highest BCUT2D eigenvalue weighted by atomic mass is 35.5. The van der Waals surface area contributed by atoms with Crippen LogP contribution in [0.3, 0.4) is 0 Å². The van der Waals surface area contributed by atoms with E-state index in [1.807, 2.05) is 54.3 Å². The predicted octanol–water partition coefficient (Wildman–Crippen LogP) is 5.18. The number of hydrogen-bond acceptors (Lipinski definition) is 2. The fourth-order valence-electron chi connectivity index (χ4n) is 3.05. The Kier molecular flexibility index (Phi) is 5.29. The van der Waals surface area contributed by atoms with E-state index in [4.69, 9.17) is 11.6 Å². The third-order valence-corrected chi connectivity index (χ3v) is 5.55. The van der Waals surface area contributed by atoms with Crippen LogP contribution in [-0.4, -0.2) is 22.6 Å². The highest BCUT2D eigenvalue weighted by molar-refractivity contribution is 8.00. The van der Waals surface area contributed by atoms with Crippen molar-refractivity contribution in [3.63, 3.8) is 0 Å². The summed E-state index contributed by atoms with van der Waals surface area (Å²) in [6.45, 7) is 2.84. The molecule has 2 unspecified atom stereocenters. The molecule has 1 saturated heterocycles. The molecule has 2 aromatic rings. The molecule has 3 rings (SSSR count). The first-order valence-electron chi connectivity index (χ1n) is 7.93. The second-order valence-electron chi connectivity index (χ2n) is 5.81. The highest BCUT2D eigenvalue weighted by Gasteiger charge is 2.32. The molecule has 2 atom stereocenters. The molecular formula is C19H20ClNOS. The number of rotatable bonds is 4. The molecule has 1 amide bonds. The molecule has 120 valence electrons. The van der Waals surface area contributed by atoms with Gasteiger partial charge < -0.3 is 4.90 Å². The Morgan fingerprint density at radius 1 is 1.17 bits per heavy atom. The topological polar surface area (TPSA) is 20.3 Å². The molecule has 1 aliphatic heterocycles. The average molecular weight is 346 g/mol. The number of hydrogen-bond donors (Lipinski definition) is 0. The number of halogens is 1. The summed E-state index contributed by atoms with van der Waals surface area (Å²) in [5.74, 6) is 0.219. The highest BCUT2D eigenvalue weighted by Crippen LogP contribution is 2.34. The van der Waals surface area contributed by atoms with Gasteiger partial charge in [-0.05, 0) is 49.6 Å². The minimum Gasteiger partial charge on any atom is -0.335 e. The molecule has 2 aromatic carbocycles. The van der Waals surface area contributed by atoms with Gasteiger partial charge in [0.05, 0.1) is 11.3 Å². The predicted molar refractivity (Wildman–Crippen MR) is 96.9 cm³/mol. The van der Waals surface area contributed by atoms with Crippen molar-refractivity contribution in [1.82, 2.24) is 4.90 Å². The van der Waals surface area contributed by atoms with E-state index in [0.29, 0.717) is 0 Å². The number of likely N-dealkylation sites (tertiary alicyclic amines) is 1. The molecular weight excluding hydrogens is 326 g/mol. The molecule has 0 spiro atoms. The maximum atomic E-state index is 12.9. The molecule has 0 radical (unpaired) electrons. The SMILES string of the molecule is CC(Sc1ccc(Cl)cc1)C(=O)N1CCCC1c1ccccc1. The van der Waals surface area contributed by atoms with Crippen LogP contribution in [0.1, 0.15) is 31.4 Å². The van der Waals surface area contributed by atoms with Crippen molar-refractivity contribution in [2.75, 3.05) is 6.54 Å². The van der Waals surface area contributed by atoms with Crippen LogP contribution in [-0.2, 0) is 4.79 Å². The minimum absolute atomic E-state index is 0.0968. The van der Waals surface area contributed by atoms with E-state index < -0.39 is 0 Å². The van der Waals surface area contributed by atoms with Crippen molar-refractivity contribution in [2.24, 2.45) is 0 Å². The maximum absolute atomic E-state index is 12.9. The minimum atomic E-state index is -0.0968. The van der Waals surface area contributed by atoms with Crippen molar-refractivity contribution in [3.05, 3.63) is 65.2 Å². The van der Waals surface area contributed by atoms with E-state index in [0.717, 1.165) is 29.3 Å². The van der Waals surface area contributed by atoms with E-state index in [1.165, 1.54) is 5.56 Å². The first kappa shape index (κ1) is 16.4. The van der Waals surface area contributed by atoms with E-state index in [2.05, 4.69) is 12.1 Å². The Labute approximate surface area is 146 Å². The molecule has 1 aliphatic rings. The van der Waals surface area contributed by atoms with Crippen LogP contribution in [0.15, 0.2) is 59.5 Å². The lowest BCUT2D eigenvalue weighted by atomic mass is 10.0. The molecule has 2 nitrogen and oxygen atoms in total. The fourth-order valence-corrected chi connectivity index (χ4v) is 4.12. The summed E-state index contributed by atoms with van der Waals surface area (Å²) in [4.78, 5) is 16.0. The zero-order valence-corrected chi connectivity index (χ0v) is 14.7. The van der Waals surface area contributed by atoms with Crippen LogP contribution in [0, 0.1) is 0 Å². The third kappa shape index (κ3) is 3.91. The molecule has 1 heterocycles. The average Bonchev–Trinajstić information content (AvgIpc) is 3.06. The lowest BCUT2D eigenvalue weighted by Gasteiger charge is -2.27. The largest absolute Gasteiger partial charge is 0.335 e. The Balaban J connectivity index is 1.70. The van der Waals surface area contributed by atoms with Gasteiger partial charge in [0.2, 0.25) is 5.91 Å². The molecule has 0 aromatic heterocycles. The zero-order chi connectivity index (χ0) is 16.2.